The number of halogens is 5. The highest BCUT2D eigenvalue weighted by Crippen LogP contribution is 2.60. The standard InChI is InChI=1S/C20H16Cl2F3N3O4/c21-13-3-1-11(5-14(13)22)31-7-16(29)27-18-8-19(9-18,10-18)28-17(30)15-4-2-12(6-26-15)32-20(23,24)25/h1-6H,7-10H2,(H,27,29)(H,28,30). The first kappa shape index (κ1) is 22.5. The van der Waals surface area contributed by atoms with Crippen LogP contribution < -0.4 is 20.1 Å². The van der Waals surface area contributed by atoms with Crippen molar-refractivity contribution >= 4 is 35.0 Å². The van der Waals surface area contributed by atoms with Gasteiger partial charge in [-0.15, -0.1) is 13.2 Å². The second-order valence-electron chi connectivity index (χ2n) is 7.88. The number of alkyl halides is 3. The van der Waals surface area contributed by atoms with E-state index in [4.69, 9.17) is 27.9 Å². The van der Waals surface area contributed by atoms with Crippen molar-refractivity contribution in [3.05, 3.63) is 52.3 Å². The summed E-state index contributed by atoms with van der Waals surface area (Å²) in [5.41, 5.74) is -0.890. The van der Waals surface area contributed by atoms with Gasteiger partial charge in [-0.1, -0.05) is 23.2 Å². The summed E-state index contributed by atoms with van der Waals surface area (Å²) in [5, 5.41) is 6.44. The molecule has 1 aromatic carbocycles. The lowest BCUT2D eigenvalue weighted by molar-refractivity contribution is -0.274. The maximum atomic E-state index is 12.3. The molecule has 0 spiro atoms. The molecular formula is C20H16Cl2F3N3O4. The van der Waals surface area contributed by atoms with Crippen LogP contribution in [0.2, 0.25) is 10.0 Å². The summed E-state index contributed by atoms with van der Waals surface area (Å²) in [5.74, 6) is -0.914. The summed E-state index contributed by atoms with van der Waals surface area (Å²) in [6.07, 6.45) is -2.37. The van der Waals surface area contributed by atoms with Crippen molar-refractivity contribution in [2.24, 2.45) is 0 Å². The van der Waals surface area contributed by atoms with Crippen molar-refractivity contribution in [3.8, 4) is 11.5 Å². The lowest BCUT2D eigenvalue weighted by atomic mass is 9.44. The Hall–Kier alpha value is -2.72. The van der Waals surface area contributed by atoms with Gasteiger partial charge in [-0.2, -0.15) is 0 Å². The maximum Gasteiger partial charge on any atom is 0.573 e. The quantitative estimate of drug-likeness (QED) is 0.615. The Balaban J connectivity index is 1.22. The molecule has 2 bridgehead atoms. The number of aromatic nitrogens is 1. The molecule has 3 aliphatic carbocycles. The van der Waals surface area contributed by atoms with Crippen molar-refractivity contribution in [1.29, 1.82) is 0 Å². The topological polar surface area (TPSA) is 89.6 Å². The van der Waals surface area contributed by atoms with E-state index < -0.39 is 29.1 Å². The highest BCUT2D eigenvalue weighted by molar-refractivity contribution is 6.42. The van der Waals surface area contributed by atoms with Gasteiger partial charge >= 0.3 is 6.36 Å². The van der Waals surface area contributed by atoms with Gasteiger partial charge in [-0.05, 0) is 43.5 Å². The van der Waals surface area contributed by atoms with E-state index in [-0.39, 0.29) is 18.2 Å². The van der Waals surface area contributed by atoms with E-state index in [9.17, 15) is 22.8 Å². The fourth-order valence-electron chi connectivity index (χ4n) is 4.11. The van der Waals surface area contributed by atoms with E-state index >= 15 is 0 Å². The molecule has 170 valence electrons. The van der Waals surface area contributed by atoms with Gasteiger partial charge in [0.15, 0.2) is 6.61 Å². The second-order valence-corrected chi connectivity index (χ2v) is 8.70. The number of nitrogens with one attached hydrogen (secondary N) is 2. The first-order valence-corrected chi connectivity index (χ1v) is 10.2. The minimum absolute atomic E-state index is 0.0302. The Morgan fingerprint density at radius 3 is 2.25 bits per heavy atom. The summed E-state index contributed by atoms with van der Waals surface area (Å²) in [4.78, 5) is 28.3. The van der Waals surface area contributed by atoms with Crippen LogP contribution in [0.1, 0.15) is 29.8 Å². The Kier molecular flexibility index (Phi) is 5.62. The van der Waals surface area contributed by atoms with Crippen LogP contribution in [0.5, 0.6) is 11.5 Å². The average Bonchev–Trinajstić information content (AvgIpc) is 2.65. The fraction of sp³-hybridized carbons (Fsp3) is 0.350. The maximum absolute atomic E-state index is 12.3. The molecule has 12 heteroatoms. The second kappa shape index (κ2) is 8.00. The van der Waals surface area contributed by atoms with Crippen molar-refractivity contribution in [2.45, 2.75) is 36.7 Å². The molecule has 5 rings (SSSR count). The molecule has 0 radical (unpaired) electrons. The van der Waals surface area contributed by atoms with Crippen LogP contribution >= 0.6 is 23.2 Å². The number of amides is 2. The van der Waals surface area contributed by atoms with Gasteiger partial charge in [0.2, 0.25) is 0 Å². The number of nitrogens with zero attached hydrogens (tertiary/aromatic N) is 1. The molecule has 2 amide bonds. The number of carbonyl (C=O) groups excluding carboxylic acids is 2. The predicted molar refractivity (Wildman–Crippen MR) is 108 cm³/mol. The highest BCUT2D eigenvalue weighted by Gasteiger charge is 2.69. The van der Waals surface area contributed by atoms with E-state index in [0.717, 1.165) is 18.3 Å². The van der Waals surface area contributed by atoms with Gasteiger partial charge in [-0.3, -0.25) is 9.59 Å². The third-order valence-corrected chi connectivity index (χ3v) is 6.02. The normalized spacial score (nSPS) is 23.4. The molecule has 3 aliphatic rings. The molecule has 32 heavy (non-hydrogen) atoms. The van der Waals surface area contributed by atoms with Crippen LogP contribution in [-0.2, 0) is 4.79 Å². The van der Waals surface area contributed by atoms with Crippen LogP contribution in [-0.4, -0.2) is 40.8 Å². The number of carbonyl (C=O) groups is 2. The fourth-order valence-corrected chi connectivity index (χ4v) is 4.40. The van der Waals surface area contributed by atoms with Crippen molar-refractivity contribution in [1.82, 2.24) is 15.6 Å². The summed E-state index contributed by atoms with van der Waals surface area (Å²) < 4.78 is 45.7. The molecule has 2 aromatic rings. The van der Waals surface area contributed by atoms with Gasteiger partial charge in [0.1, 0.15) is 17.2 Å². The van der Waals surface area contributed by atoms with E-state index in [1.54, 1.807) is 12.1 Å². The molecule has 0 aliphatic heterocycles. The zero-order valence-electron chi connectivity index (χ0n) is 16.3. The molecule has 1 aromatic heterocycles. The molecule has 0 atom stereocenters. The van der Waals surface area contributed by atoms with Crippen molar-refractivity contribution in [3.63, 3.8) is 0 Å². The zero-order chi connectivity index (χ0) is 23.1. The minimum Gasteiger partial charge on any atom is -0.484 e. The Morgan fingerprint density at radius 1 is 1.00 bits per heavy atom. The highest BCUT2D eigenvalue weighted by atomic mass is 35.5. The van der Waals surface area contributed by atoms with Gasteiger partial charge < -0.3 is 20.1 Å². The minimum atomic E-state index is -4.83. The van der Waals surface area contributed by atoms with E-state index in [2.05, 4.69) is 20.4 Å². The van der Waals surface area contributed by atoms with Crippen molar-refractivity contribution in [2.75, 3.05) is 6.61 Å². The number of hydrogen-bond acceptors (Lipinski definition) is 5. The zero-order valence-corrected chi connectivity index (χ0v) is 17.8. The number of ether oxygens (including phenoxy) is 2. The van der Waals surface area contributed by atoms with Crippen LogP contribution in [0.25, 0.3) is 0 Å². The molecule has 0 unspecified atom stereocenters. The van der Waals surface area contributed by atoms with Gasteiger partial charge in [0.05, 0.1) is 16.2 Å². The Morgan fingerprint density at radius 2 is 1.66 bits per heavy atom. The Bertz CT molecular complexity index is 1040. The predicted octanol–water partition coefficient (Wildman–Crippen LogP) is 3.89. The first-order valence-electron chi connectivity index (χ1n) is 9.40. The SMILES string of the molecule is O=C(COc1ccc(Cl)c(Cl)c1)NC12CC(NC(=O)c3ccc(OC(F)(F)F)cn3)(C1)C2. The van der Waals surface area contributed by atoms with Gasteiger partial charge in [0, 0.05) is 17.1 Å². The number of rotatable bonds is 7. The molecule has 7 nitrogen and oxygen atoms in total. The monoisotopic (exact) mass is 489 g/mol. The van der Waals surface area contributed by atoms with Crippen LogP contribution in [0, 0.1) is 0 Å². The lowest BCUT2D eigenvalue weighted by Gasteiger charge is -2.70. The smallest absolute Gasteiger partial charge is 0.484 e. The summed E-state index contributed by atoms with van der Waals surface area (Å²) in [6.45, 7) is -0.199. The molecular weight excluding hydrogens is 474 g/mol. The van der Waals surface area contributed by atoms with Gasteiger partial charge in [0.25, 0.3) is 11.8 Å². The number of hydrogen-bond donors (Lipinski definition) is 2. The Labute approximate surface area is 190 Å². The van der Waals surface area contributed by atoms with Crippen molar-refractivity contribution < 1.29 is 32.2 Å². The van der Waals surface area contributed by atoms with E-state index in [1.807, 2.05) is 0 Å². The lowest BCUT2D eigenvalue weighted by Crippen LogP contribution is -2.84. The molecule has 3 saturated carbocycles. The summed E-state index contributed by atoms with van der Waals surface area (Å²) in [7, 11) is 0. The van der Waals surface area contributed by atoms with Gasteiger partial charge in [-0.25, -0.2) is 4.98 Å². The average molecular weight is 490 g/mol. The van der Waals surface area contributed by atoms with Crippen LogP contribution in [0.3, 0.4) is 0 Å². The molecule has 1 heterocycles. The molecule has 0 saturated heterocycles. The van der Waals surface area contributed by atoms with Crippen LogP contribution in [0.4, 0.5) is 13.2 Å². The summed E-state index contributed by atoms with van der Waals surface area (Å²) in [6, 6.07) is 6.85. The third-order valence-electron chi connectivity index (χ3n) is 5.28. The number of benzene rings is 1. The first-order chi connectivity index (χ1) is 15.0. The molecule has 3 fully saturated rings. The van der Waals surface area contributed by atoms with Crippen LogP contribution in [0.15, 0.2) is 36.5 Å². The summed E-state index contributed by atoms with van der Waals surface area (Å²) >= 11 is 11.7. The van der Waals surface area contributed by atoms with E-state index in [0.29, 0.717) is 35.1 Å². The van der Waals surface area contributed by atoms with E-state index in [1.165, 1.54) is 6.07 Å². The third kappa shape index (κ3) is 4.86. The largest absolute Gasteiger partial charge is 0.573 e. The number of pyridine rings is 1. The molecule has 2 N–H and O–H groups in total.